The summed E-state index contributed by atoms with van der Waals surface area (Å²) in [6, 6.07) is 7.45. The molecule has 0 radical (unpaired) electrons. The number of hydrogen-bond acceptors (Lipinski definition) is 2. The number of aryl methyl sites for hydroxylation is 2. The fourth-order valence-corrected chi connectivity index (χ4v) is 2.28. The third kappa shape index (κ3) is 2.50. The maximum atomic E-state index is 14.1. The van der Waals surface area contributed by atoms with E-state index in [4.69, 9.17) is 9.84 Å². The molecule has 0 atom stereocenters. The molecule has 0 bridgehead atoms. The molecule has 104 valence electrons. The number of carboxylic acids is 1. The van der Waals surface area contributed by atoms with Crippen LogP contribution in [0, 0.1) is 19.7 Å². The zero-order chi connectivity index (χ0) is 14.9. The number of hydrogen-bond donors (Lipinski definition) is 1. The Balaban J connectivity index is 2.73. The maximum Gasteiger partial charge on any atom is 0.335 e. The van der Waals surface area contributed by atoms with E-state index >= 15 is 0 Å². The van der Waals surface area contributed by atoms with Crippen LogP contribution in [-0.2, 0) is 0 Å². The highest BCUT2D eigenvalue weighted by molar-refractivity contribution is 5.90. The van der Waals surface area contributed by atoms with Gasteiger partial charge in [0.25, 0.3) is 0 Å². The van der Waals surface area contributed by atoms with Gasteiger partial charge in [-0.25, -0.2) is 9.18 Å². The van der Waals surface area contributed by atoms with Crippen LogP contribution < -0.4 is 4.74 Å². The van der Waals surface area contributed by atoms with Gasteiger partial charge in [-0.1, -0.05) is 6.07 Å². The molecule has 0 heterocycles. The highest BCUT2D eigenvalue weighted by Gasteiger charge is 2.16. The Hall–Kier alpha value is -2.36. The van der Waals surface area contributed by atoms with Crippen molar-refractivity contribution in [2.24, 2.45) is 0 Å². The second-order valence-corrected chi connectivity index (χ2v) is 4.66. The van der Waals surface area contributed by atoms with Crippen LogP contribution in [0.3, 0.4) is 0 Å². The Morgan fingerprint density at radius 1 is 1.20 bits per heavy atom. The van der Waals surface area contributed by atoms with Crippen LogP contribution in [-0.4, -0.2) is 18.2 Å². The lowest BCUT2D eigenvalue weighted by Crippen LogP contribution is -2.00. The summed E-state index contributed by atoms with van der Waals surface area (Å²) in [4.78, 5) is 11.0. The monoisotopic (exact) mass is 274 g/mol. The van der Waals surface area contributed by atoms with Crippen molar-refractivity contribution in [1.29, 1.82) is 0 Å². The minimum atomic E-state index is -1.09. The van der Waals surface area contributed by atoms with Crippen molar-refractivity contribution in [2.45, 2.75) is 13.8 Å². The molecular weight excluding hydrogens is 259 g/mol. The number of halogens is 1. The molecule has 0 aliphatic carbocycles. The summed E-state index contributed by atoms with van der Waals surface area (Å²) in [5.41, 5.74) is 2.70. The Morgan fingerprint density at radius 2 is 1.90 bits per heavy atom. The number of aromatic carboxylic acids is 1. The van der Waals surface area contributed by atoms with Crippen molar-refractivity contribution in [2.75, 3.05) is 7.11 Å². The summed E-state index contributed by atoms with van der Waals surface area (Å²) in [5, 5.41) is 9.03. The number of methoxy groups -OCH3 is 1. The minimum absolute atomic E-state index is 0.0448. The average molecular weight is 274 g/mol. The molecule has 0 amide bonds. The van der Waals surface area contributed by atoms with E-state index in [1.165, 1.54) is 19.2 Å². The third-order valence-corrected chi connectivity index (χ3v) is 3.15. The average Bonchev–Trinajstić information content (AvgIpc) is 2.38. The first-order valence-electron chi connectivity index (χ1n) is 6.12. The molecule has 2 aromatic rings. The van der Waals surface area contributed by atoms with Crippen LogP contribution in [0.25, 0.3) is 11.1 Å². The van der Waals surface area contributed by atoms with Crippen LogP contribution in [0.2, 0.25) is 0 Å². The Kier molecular flexibility index (Phi) is 3.74. The molecule has 0 aliphatic heterocycles. The van der Waals surface area contributed by atoms with Crippen LogP contribution in [0.5, 0.6) is 5.75 Å². The Labute approximate surface area is 116 Å². The van der Waals surface area contributed by atoms with E-state index in [1.54, 1.807) is 6.07 Å². The van der Waals surface area contributed by atoms with Crippen molar-refractivity contribution >= 4 is 5.97 Å². The lowest BCUT2D eigenvalue weighted by molar-refractivity contribution is 0.0697. The number of rotatable bonds is 3. The molecule has 0 aliphatic rings. The van der Waals surface area contributed by atoms with Crippen molar-refractivity contribution in [3.63, 3.8) is 0 Å². The van der Waals surface area contributed by atoms with Gasteiger partial charge in [0.1, 0.15) is 11.6 Å². The van der Waals surface area contributed by atoms with Crippen LogP contribution in [0.1, 0.15) is 21.5 Å². The van der Waals surface area contributed by atoms with E-state index in [0.29, 0.717) is 11.3 Å². The number of ether oxygens (including phenoxy) is 1. The van der Waals surface area contributed by atoms with E-state index in [0.717, 1.165) is 17.2 Å². The normalized spacial score (nSPS) is 10.4. The molecule has 0 fully saturated rings. The lowest BCUT2D eigenvalue weighted by atomic mass is 9.95. The first-order valence-corrected chi connectivity index (χ1v) is 6.12. The summed E-state index contributed by atoms with van der Waals surface area (Å²) in [5.74, 6) is -1.03. The molecule has 2 aromatic carbocycles. The summed E-state index contributed by atoms with van der Waals surface area (Å²) in [6.45, 7) is 3.76. The summed E-state index contributed by atoms with van der Waals surface area (Å²) < 4.78 is 19.4. The zero-order valence-corrected chi connectivity index (χ0v) is 11.5. The van der Waals surface area contributed by atoms with Gasteiger partial charge in [-0.05, 0) is 49.2 Å². The number of benzene rings is 2. The van der Waals surface area contributed by atoms with Gasteiger partial charge in [-0.15, -0.1) is 0 Å². The van der Waals surface area contributed by atoms with Crippen molar-refractivity contribution in [1.82, 2.24) is 0 Å². The van der Waals surface area contributed by atoms with Gasteiger partial charge in [-0.2, -0.15) is 0 Å². The fraction of sp³-hybridized carbons (Fsp3) is 0.188. The van der Waals surface area contributed by atoms with E-state index in [1.807, 2.05) is 19.9 Å². The van der Waals surface area contributed by atoms with E-state index in [9.17, 15) is 9.18 Å². The maximum absolute atomic E-state index is 14.1. The predicted octanol–water partition coefficient (Wildman–Crippen LogP) is 3.82. The fourth-order valence-electron chi connectivity index (χ4n) is 2.28. The van der Waals surface area contributed by atoms with Gasteiger partial charge in [0.2, 0.25) is 0 Å². The highest BCUT2D eigenvalue weighted by Crippen LogP contribution is 2.36. The third-order valence-electron chi connectivity index (χ3n) is 3.15. The van der Waals surface area contributed by atoms with Crippen molar-refractivity contribution in [3.05, 3.63) is 52.8 Å². The van der Waals surface area contributed by atoms with Gasteiger partial charge in [0, 0.05) is 11.1 Å². The molecule has 0 spiro atoms. The van der Waals surface area contributed by atoms with E-state index in [2.05, 4.69) is 0 Å². The smallest absolute Gasteiger partial charge is 0.335 e. The van der Waals surface area contributed by atoms with Gasteiger partial charge >= 0.3 is 5.97 Å². The second kappa shape index (κ2) is 5.33. The molecule has 2 rings (SSSR count). The Bertz CT molecular complexity index is 678. The van der Waals surface area contributed by atoms with Gasteiger partial charge in [0.05, 0.1) is 12.7 Å². The van der Waals surface area contributed by atoms with Crippen molar-refractivity contribution in [3.8, 4) is 16.9 Å². The first-order chi connectivity index (χ1) is 9.43. The van der Waals surface area contributed by atoms with Gasteiger partial charge in [0.15, 0.2) is 0 Å². The molecule has 3 nitrogen and oxygen atoms in total. The number of carboxylic acid groups (broad SMARTS) is 1. The topological polar surface area (TPSA) is 46.5 Å². The summed E-state index contributed by atoms with van der Waals surface area (Å²) in [7, 11) is 1.51. The van der Waals surface area contributed by atoms with E-state index < -0.39 is 11.8 Å². The molecule has 0 saturated heterocycles. The predicted molar refractivity (Wildman–Crippen MR) is 74.8 cm³/mol. The highest BCUT2D eigenvalue weighted by atomic mass is 19.1. The standard InChI is InChI=1S/C16H15FO3/c1-9-6-10(2)15(14(7-9)20-3)12-8-11(16(18)19)4-5-13(12)17/h4-8H,1-3H3,(H,18,19). The van der Waals surface area contributed by atoms with Crippen LogP contribution in [0.4, 0.5) is 4.39 Å². The molecule has 4 heteroatoms. The Morgan fingerprint density at radius 3 is 2.50 bits per heavy atom. The molecule has 0 aromatic heterocycles. The molecule has 1 N–H and O–H groups in total. The minimum Gasteiger partial charge on any atom is -0.496 e. The zero-order valence-electron chi connectivity index (χ0n) is 11.5. The SMILES string of the molecule is COc1cc(C)cc(C)c1-c1cc(C(=O)O)ccc1F. The molecular formula is C16H15FO3. The van der Waals surface area contributed by atoms with Gasteiger partial charge in [-0.3, -0.25) is 0 Å². The van der Waals surface area contributed by atoms with Gasteiger partial charge < -0.3 is 9.84 Å². The quantitative estimate of drug-likeness (QED) is 0.925. The van der Waals surface area contributed by atoms with E-state index in [-0.39, 0.29) is 11.1 Å². The summed E-state index contributed by atoms with van der Waals surface area (Å²) >= 11 is 0. The molecule has 20 heavy (non-hydrogen) atoms. The largest absolute Gasteiger partial charge is 0.496 e. The molecule has 0 unspecified atom stereocenters. The van der Waals surface area contributed by atoms with Crippen molar-refractivity contribution < 1.29 is 19.0 Å². The second-order valence-electron chi connectivity index (χ2n) is 4.66. The first kappa shape index (κ1) is 14.1. The molecule has 0 saturated carbocycles. The lowest BCUT2D eigenvalue weighted by Gasteiger charge is -2.14. The number of carbonyl (C=O) groups is 1. The summed E-state index contributed by atoms with van der Waals surface area (Å²) in [6.07, 6.45) is 0. The van der Waals surface area contributed by atoms with Crippen LogP contribution >= 0.6 is 0 Å². The van der Waals surface area contributed by atoms with Crippen LogP contribution in [0.15, 0.2) is 30.3 Å².